The standard InChI is InChI=1S/C15H26N4O/c1-5-6-7-10-15(2,3)11-17-14(20)12-8-9-13(16-4)19-18-12/h8-9H,5-7,10-11H2,1-4H3,(H,16,19)(H,17,20). The van der Waals surface area contributed by atoms with Crippen molar-refractivity contribution in [3.05, 3.63) is 17.8 Å². The Kier molecular flexibility index (Phi) is 6.42. The molecule has 0 aliphatic rings. The molecule has 0 aromatic carbocycles. The van der Waals surface area contributed by atoms with Crippen molar-refractivity contribution in [2.45, 2.75) is 46.5 Å². The highest BCUT2D eigenvalue weighted by molar-refractivity contribution is 5.92. The predicted molar refractivity (Wildman–Crippen MR) is 81.8 cm³/mol. The average molecular weight is 278 g/mol. The molecule has 5 heteroatoms. The van der Waals surface area contributed by atoms with Crippen LogP contribution in [0.5, 0.6) is 0 Å². The van der Waals surface area contributed by atoms with Gasteiger partial charge in [-0.05, 0) is 24.0 Å². The van der Waals surface area contributed by atoms with Crippen LogP contribution in [-0.2, 0) is 0 Å². The normalized spacial score (nSPS) is 11.2. The zero-order valence-corrected chi connectivity index (χ0v) is 13.0. The molecule has 0 saturated carbocycles. The molecule has 2 N–H and O–H groups in total. The van der Waals surface area contributed by atoms with Gasteiger partial charge in [-0.1, -0.05) is 40.0 Å². The maximum Gasteiger partial charge on any atom is 0.271 e. The molecular weight excluding hydrogens is 252 g/mol. The van der Waals surface area contributed by atoms with Crippen LogP contribution < -0.4 is 10.6 Å². The highest BCUT2D eigenvalue weighted by Crippen LogP contribution is 2.22. The highest BCUT2D eigenvalue weighted by atomic mass is 16.1. The van der Waals surface area contributed by atoms with E-state index in [9.17, 15) is 4.79 Å². The van der Waals surface area contributed by atoms with E-state index in [-0.39, 0.29) is 11.3 Å². The van der Waals surface area contributed by atoms with E-state index in [4.69, 9.17) is 0 Å². The zero-order valence-electron chi connectivity index (χ0n) is 13.0. The molecule has 0 aliphatic carbocycles. The third kappa shape index (κ3) is 5.55. The molecule has 1 aromatic rings. The van der Waals surface area contributed by atoms with Crippen LogP contribution in [0.2, 0.25) is 0 Å². The van der Waals surface area contributed by atoms with Crippen LogP contribution in [0.4, 0.5) is 5.82 Å². The van der Waals surface area contributed by atoms with Crippen LogP contribution in [0.25, 0.3) is 0 Å². The quantitative estimate of drug-likeness (QED) is 0.718. The van der Waals surface area contributed by atoms with Crippen LogP contribution in [0, 0.1) is 5.41 Å². The van der Waals surface area contributed by atoms with Crippen molar-refractivity contribution in [3.63, 3.8) is 0 Å². The first-order valence-corrected chi connectivity index (χ1v) is 7.28. The lowest BCUT2D eigenvalue weighted by Crippen LogP contribution is -2.34. The van der Waals surface area contributed by atoms with Crippen LogP contribution in [0.15, 0.2) is 12.1 Å². The van der Waals surface area contributed by atoms with Gasteiger partial charge in [0.1, 0.15) is 5.82 Å². The van der Waals surface area contributed by atoms with Crippen LogP contribution in [0.1, 0.15) is 56.9 Å². The Morgan fingerprint density at radius 3 is 2.55 bits per heavy atom. The van der Waals surface area contributed by atoms with E-state index in [0.717, 1.165) is 6.42 Å². The fraction of sp³-hybridized carbons (Fsp3) is 0.667. The number of anilines is 1. The number of carbonyl (C=O) groups excluding carboxylic acids is 1. The maximum absolute atomic E-state index is 12.0. The largest absolute Gasteiger partial charge is 0.372 e. The minimum Gasteiger partial charge on any atom is -0.372 e. The van der Waals surface area contributed by atoms with E-state index in [1.165, 1.54) is 19.3 Å². The molecule has 0 bridgehead atoms. The Morgan fingerprint density at radius 1 is 1.25 bits per heavy atom. The molecule has 112 valence electrons. The van der Waals surface area contributed by atoms with Crippen molar-refractivity contribution in [1.82, 2.24) is 15.5 Å². The second-order valence-electron chi connectivity index (χ2n) is 5.86. The smallest absolute Gasteiger partial charge is 0.271 e. The summed E-state index contributed by atoms with van der Waals surface area (Å²) in [5.41, 5.74) is 0.469. The minimum absolute atomic E-state index is 0.114. The van der Waals surface area contributed by atoms with Gasteiger partial charge >= 0.3 is 0 Å². The Hall–Kier alpha value is -1.65. The van der Waals surface area contributed by atoms with Crippen molar-refractivity contribution in [1.29, 1.82) is 0 Å². The fourth-order valence-electron chi connectivity index (χ4n) is 1.94. The minimum atomic E-state index is -0.163. The number of unbranched alkanes of at least 4 members (excludes halogenated alkanes) is 2. The van der Waals surface area contributed by atoms with Crippen LogP contribution >= 0.6 is 0 Å². The lowest BCUT2D eigenvalue weighted by molar-refractivity contribution is 0.0928. The molecule has 20 heavy (non-hydrogen) atoms. The maximum atomic E-state index is 12.0. The van der Waals surface area contributed by atoms with Gasteiger partial charge in [0.25, 0.3) is 5.91 Å². The van der Waals surface area contributed by atoms with E-state index in [0.29, 0.717) is 18.1 Å². The number of hydrogen-bond acceptors (Lipinski definition) is 4. The van der Waals surface area contributed by atoms with Gasteiger partial charge in [0.05, 0.1) is 0 Å². The molecule has 0 aliphatic heterocycles. The molecule has 1 amide bonds. The molecule has 1 heterocycles. The topological polar surface area (TPSA) is 66.9 Å². The Balaban J connectivity index is 2.45. The molecule has 0 saturated heterocycles. The predicted octanol–water partition coefficient (Wildman–Crippen LogP) is 2.85. The van der Waals surface area contributed by atoms with Gasteiger partial charge < -0.3 is 10.6 Å². The SMILES string of the molecule is CCCCCC(C)(C)CNC(=O)c1ccc(NC)nn1. The number of nitrogens with zero attached hydrogens (tertiary/aromatic N) is 2. The molecule has 0 spiro atoms. The van der Waals surface area contributed by atoms with Crippen LogP contribution in [0.3, 0.4) is 0 Å². The summed E-state index contributed by atoms with van der Waals surface area (Å²) < 4.78 is 0. The average Bonchev–Trinajstić information content (AvgIpc) is 2.45. The summed E-state index contributed by atoms with van der Waals surface area (Å²) in [6.07, 6.45) is 4.78. The molecule has 5 nitrogen and oxygen atoms in total. The third-order valence-electron chi connectivity index (χ3n) is 3.34. The van der Waals surface area contributed by atoms with Gasteiger partial charge in [0, 0.05) is 13.6 Å². The Morgan fingerprint density at radius 2 is 2.00 bits per heavy atom. The van der Waals surface area contributed by atoms with Crippen LogP contribution in [-0.4, -0.2) is 29.7 Å². The molecule has 1 aromatic heterocycles. The van der Waals surface area contributed by atoms with Crippen molar-refractivity contribution in [2.75, 3.05) is 18.9 Å². The summed E-state index contributed by atoms with van der Waals surface area (Å²) in [6.45, 7) is 7.21. The summed E-state index contributed by atoms with van der Waals surface area (Å²) in [7, 11) is 1.77. The molecule has 0 unspecified atom stereocenters. The van der Waals surface area contributed by atoms with Gasteiger partial charge in [-0.15, -0.1) is 10.2 Å². The summed E-state index contributed by atoms with van der Waals surface area (Å²) in [4.78, 5) is 12.0. The molecule has 1 rings (SSSR count). The van der Waals surface area contributed by atoms with E-state index < -0.39 is 0 Å². The number of hydrogen-bond donors (Lipinski definition) is 2. The van der Waals surface area contributed by atoms with E-state index >= 15 is 0 Å². The first-order valence-electron chi connectivity index (χ1n) is 7.28. The van der Waals surface area contributed by atoms with E-state index in [2.05, 4.69) is 41.6 Å². The summed E-state index contributed by atoms with van der Waals surface area (Å²) in [6, 6.07) is 3.42. The number of rotatable bonds is 8. The molecular formula is C15H26N4O. The second kappa shape index (κ2) is 7.82. The van der Waals surface area contributed by atoms with Crippen molar-refractivity contribution >= 4 is 11.7 Å². The van der Waals surface area contributed by atoms with Crippen molar-refractivity contribution in [2.24, 2.45) is 5.41 Å². The first kappa shape index (κ1) is 16.4. The summed E-state index contributed by atoms with van der Waals surface area (Å²) in [5, 5.41) is 13.6. The summed E-state index contributed by atoms with van der Waals surface area (Å²) in [5.74, 6) is 0.491. The van der Waals surface area contributed by atoms with Crippen molar-refractivity contribution < 1.29 is 4.79 Å². The Labute approximate surface area is 121 Å². The lowest BCUT2D eigenvalue weighted by atomic mass is 9.87. The van der Waals surface area contributed by atoms with E-state index in [1.807, 2.05) is 0 Å². The molecule has 0 atom stereocenters. The molecule has 0 fully saturated rings. The number of carbonyl (C=O) groups is 1. The number of amides is 1. The number of nitrogens with one attached hydrogen (secondary N) is 2. The van der Waals surface area contributed by atoms with Gasteiger partial charge in [0.2, 0.25) is 0 Å². The van der Waals surface area contributed by atoms with Gasteiger partial charge in [-0.25, -0.2) is 0 Å². The number of aromatic nitrogens is 2. The fourth-order valence-corrected chi connectivity index (χ4v) is 1.94. The van der Waals surface area contributed by atoms with Gasteiger partial charge in [0.15, 0.2) is 5.69 Å². The third-order valence-corrected chi connectivity index (χ3v) is 3.34. The van der Waals surface area contributed by atoms with Crippen molar-refractivity contribution in [3.8, 4) is 0 Å². The summed E-state index contributed by atoms with van der Waals surface area (Å²) >= 11 is 0. The second-order valence-corrected chi connectivity index (χ2v) is 5.86. The highest BCUT2D eigenvalue weighted by Gasteiger charge is 2.19. The first-order chi connectivity index (χ1) is 9.48. The van der Waals surface area contributed by atoms with Gasteiger partial charge in [-0.2, -0.15) is 0 Å². The Bertz CT molecular complexity index is 414. The monoisotopic (exact) mass is 278 g/mol. The lowest BCUT2D eigenvalue weighted by Gasteiger charge is -2.24. The zero-order chi connectivity index (χ0) is 15.0. The molecule has 0 radical (unpaired) electrons. The van der Waals surface area contributed by atoms with Gasteiger partial charge in [-0.3, -0.25) is 4.79 Å². The van der Waals surface area contributed by atoms with E-state index in [1.54, 1.807) is 19.2 Å².